The number of likely N-dealkylation sites (N-methyl/N-ethyl adjacent to an activating group) is 1. The molecule has 1 rings (SSSR count). The van der Waals surface area contributed by atoms with Crippen molar-refractivity contribution in [1.29, 1.82) is 0 Å². The number of nitrogens with zero attached hydrogens (tertiary/aromatic N) is 2. The van der Waals surface area contributed by atoms with Crippen molar-refractivity contribution < 1.29 is 9.92 Å². The standard InChI is InChI=1S/C11H17N3O3/c1-3-13(6-7-17-14(15)16)10-4-5-11(12)9(2)8-10/h4-5,8H,3,6-7,12H2,1-2H3. The Morgan fingerprint density at radius 2 is 2.24 bits per heavy atom. The number of hydrogen-bond donors (Lipinski definition) is 1. The first-order chi connectivity index (χ1) is 8.04. The number of aryl methyl sites for hydroxylation is 1. The normalized spacial score (nSPS) is 10.0. The first-order valence-corrected chi connectivity index (χ1v) is 5.43. The van der Waals surface area contributed by atoms with E-state index in [4.69, 9.17) is 5.73 Å². The Morgan fingerprint density at radius 1 is 1.53 bits per heavy atom. The maximum absolute atomic E-state index is 10.1. The van der Waals surface area contributed by atoms with E-state index >= 15 is 0 Å². The van der Waals surface area contributed by atoms with Gasteiger partial charge in [-0.1, -0.05) is 0 Å². The van der Waals surface area contributed by atoms with Gasteiger partial charge in [-0.15, -0.1) is 10.1 Å². The second-order valence-electron chi connectivity index (χ2n) is 3.68. The van der Waals surface area contributed by atoms with Crippen LogP contribution < -0.4 is 10.6 Å². The molecule has 0 amide bonds. The summed E-state index contributed by atoms with van der Waals surface area (Å²) in [5.41, 5.74) is 8.47. The maximum Gasteiger partial charge on any atom is 0.294 e. The van der Waals surface area contributed by atoms with E-state index in [0.717, 1.165) is 23.5 Å². The monoisotopic (exact) mass is 239 g/mol. The predicted molar refractivity (Wildman–Crippen MR) is 66.4 cm³/mol. The molecule has 0 saturated heterocycles. The molecule has 0 saturated carbocycles. The Morgan fingerprint density at radius 3 is 2.76 bits per heavy atom. The molecule has 1 aromatic carbocycles. The van der Waals surface area contributed by atoms with Gasteiger partial charge in [0.25, 0.3) is 5.09 Å². The third-order valence-corrected chi connectivity index (χ3v) is 2.56. The second-order valence-corrected chi connectivity index (χ2v) is 3.68. The third-order valence-electron chi connectivity index (χ3n) is 2.56. The molecule has 6 heteroatoms. The van der Waals surface area contributed by atoms with E-state index in [0.29, 0.717) is 6.54 Å². The molecule has 0 atom stereocenters. The van der Waals surface area contributed by atoms with Crippen molar-refractivity contribution in [2.45, 2.75) is 13.8 Å². The highest BCUT2D eigenvalue weighted by atomic mass is 16.9. The molecule has 0 aromatic heterocycles. The molecule has 0 radical (unpaired) electrons. The predicted octanol–water partition coefficient (Wildman–Crippen LogP) is 1.61. The van der Waals surface area contributed by atoms with Crippen LogP contribution in [0.15, 0.2) is 18.2 Å². The van der Waals surface area contributed by atoms with Crippen LogP contribution in [0.4, 0.5) is 11.4 Å². The average molecular weight is 239 g/mol. The van der Waals surface area contributed by atoms with Gasteiger partial charge in [0.2, 0.25) is 0 Å². The molecule has 0 bridgehead atoms. The van der Waals surface area contributed by atoms with Crippen molar-refractivity contribution in [3.8, 4) is 0 Å². The minimum absolute atomic E-state index is 0.0598. The zero-order valence-electron chi connectivity index (χ0n) is 10.0. The highest BCUT2D eigenvalue weighted by molar-refractivity contribution is 5.57. The zero-order valence-corrected chi connectivity index (χ0v) is 10.0. The van der Waals surface area contributed by atoms with Gasteiger partial charge in [0.1, 0.15) is 6.61 Å². The second kappa shape index (κ2) is 5.93. The number of anilines is 2. The van der Waals surface area contributed by atoms with Gasteiger partial charge in [-0.05, 0) is 37.6 Å². The number of nitrogen functional groups attached to an aromatic ring is 1. The Balaban J connectivity index is 2.65. The smallest absolute Gasteiger partial charge is 0.294 e. The van der Waals surface area contributed by atoms with E-state index in [2.05, 4.69) is 4.84 Å². The van der Waals surface area contributed by atoms with Crippen molar-refractivity contribution in [3.05, 3.63) is 33.9 Å². The highest BCUT2D eigenvalue weighted by Crippen LogP contribution is 2.20. The van der Waals surface area contributed by atoms with Gasteiger partial charge < -0.3 is 15.5 Å². The summed E-state index contributed by atoms with van der Waals surface area (Å²) in [6.07, 6.45) is 0. The van der Waals surface area contributed by atoms with Crippen molar-refractivity contribution in [3.63, 3.8) is 0 Å². The lowest BCUT2D eigenvalue weighted by molar-refractivity contribution is -0.757. The summed E-state index contributed by atoms with van der Waals surface area (Å²) in [6, 6.07) is 5.70. The van der Waals surface area contributed by atoms with E-state index in [9.17, 15) is 10.1 Å². The Kier molecular flexibility index (Phi) is 4.56. The summed E-state index contributed by atoms with van der Waals surface area (Å²) in [4.78, 5) is 16.4. The van der Waals surface area contributed by atoms with E-state index in [-0.39, 0.29) is 6.61 Å². The molecule has 94 valence electrons. The summed E-state index contributed by atoms with van der Waals surface area (Å²) in [5, 5.41) is 9.28. The van der Waals surface area contributed by atoms with Crippen LogP contribution in [0.5, 0.6) is 0 Å². The minimum Gasteiger partial charge on any atom is -0.399 e. The van der Waals surface area contributed by atoms with E-state index < -0.39 is 5.09 Å². The van der Waals surface area contributed by atoms with Crippen molar-refractivity contribution in [2.75, 3.05) is 30.3 Å². The minimum atomic E-state index is -0.776. The van der Waals surface area contributed by atoms with Gasteiger partial charge in [0.15, 0.2) is 0 Å². The summed E-state index contributed by atoms with van der Waals surface area (Å²) in [7, 11) is 0. The highest BCUT2D eigenvalue weighted by Gasteiger charge is 2.06. The van der Waals surface area contributed by atoms with Crippen LogP contribution in [0.25, 0.3) is 0 Å². The average Bonchev–Trinajstić information content (AvgIpc) is 2.28. The van der Waals surface area contributed by atoms with Gasteiger partial charge in [0.05, 0.1) is 0 Å². The van der Waals surface area contributed by atoms with Gasteiger partial charge in [-0.3, -0.25) is 0 Å². The fourth-order valence-electron chi connectivity index (χ4n) is 1.55. The molecule has 17 heavy (non-hydrogen) atoms. The largest absolute Gasteiger partial charge is 0.399 e. The Labute approximate surface area is 100 Å². The summed E-state index contributed by atoms with van der Waals surface area (Å²) < 4.78 is 0. The zero-order chi connectivity index (χ0) is 12.8. The van der Waals surface area contributed by atoms with E-state index in [1.165, 1.54) is 0 Å². The van der Waals surface area contributed by atoms with Crippen LogP contribution in [-0.4, -0.2) is 24.8 Å². The fourth-order valence-corrected chi connectivity index (χ4v) is 1.55. The van der Waals surface area contributed by atoms with Crippen LogP contribution in [0.3, 0.4) is 0 Å². The maximum atomic E-state index is 10.1. The molecular formula is C11H17N3O3. The SMILES string of the molecule is CCN(CCO[N+](=O)[O-])c1ccc(N)c(C)c1. The lowest BCUT2D eigenvalue weighted by Crippen LogP contribution is -2.27. The number of rotatable bonds is 6. The van der Waals surface area contributed by atoms with Crippen molar-refractivity contribution >= 4 is 11.4 Å². The first kappa shape index (κ1) is 13.1. The molecule has 0 aliphatic carbocycles. The first-order valence-electron chi connectivity index (χ1n) is 5.43. The Hall–Kier alpha value is -1.98. The number of nitrogens with two attached hydrogens (primary N) is 1. The molecule has 6 nitrogen and oxygen atoms in total. The van der Waals surface area contributed by atoms with Crippen molar-refractivity contribution in [2.24, 2.45) is 0 Å². The topological polar surface area (TPSA) is 81.6 Å². The fraction of sp³-hybridized carbons (Fsp3) is 0.455. The van der Waals surface area contributed by atoms with Crippen LogP contribution in [-0.2, 0) is 4.84 Å². The summed E-state index contributed by atoms with van der Waals surface area (Å²) >= 11 is 0. The van der Waals surface area contributed by atoms with Gasteiger partial charge in [-0.2, -0.15) is 0 Å². The van der Waals surface area contributed by atoms with Gasteiger partial charge in [0, 0.05) is 24.5 Å². The molecule has 0 heterocycles. The van der Waals surface area contributed by atoms with Gasteiger partial charge in [-0.25, -0.2) is 0 Å². The molecule has 0 aliphatic heterocycles. The quantitative estimate of drug-likeness (QED) is 0.463. The molecule has 0 fully saturated rings. The van der Waals surface area contributed by atoms with Crippen LogP contribution >= 0.6 is 0 Å². The molecule has 0 unspecified atom stereocenters. The van der Waals surface area contributed by atoms with Crippen LogP contribution in [0.1, 0.15) is 12.5 Å². The van der Waals surface area contributed by atoms with Crippen LogP contribution in [0.2, 0.25) is 0 Å². The molecule has 2 N–H and O–H groups in total. The lowest BCUT2D eigenvalue weighted by Gasteiger charge is -2.23. The van der Waals surface area contributed by atoms with E-state index in [1.54, 1.807) is 0 Å². The lowest BCUT2D eigenvalue weighted by atomic mass is 10.1. The summed E-state index contributed by atoms with van der Waals surface area (Å²) in [6.45, 7) is 5.20. The molecular weight excluding hydrogens is 222 g/mol. The third kappa shape index (κ3) is 3.82. The summed E-state index contributed by atoms with van der Waals surface area (Å²) in [5.74, 6) is 0. The van der Waals surface area contributed by atoms with Gasteiger partial charge >= 0.3 is 0 Å². The number of hydrogen-bond acceptors (Lipinski definition) is 5. The van der Waals surface area contributed by atoms with E-state index in [1.807, 2.05) is 36.9 Å². The molecule has 0 aliphatic rings. The van der Waals surface area contributed by atoms with Crippen molar-refractivity contribution in [1.82, 2.24) is 0 Å². The number of benzene rings is 1. The van der Waals surface area contributed by atoms with Crippen LogP contribution in [0, 0.1) is 17.0 Å². The molecule has 1 aromatic rings. The Bertz CT molecular complexity index is 396. The molecule has 0 spiro atoms.